The maximum Gasteiger partial charge on any atom is 0.343 e. The van der Waals surface area contributed by atoms with Gasteiger partial charge in [-0.25, -0.2) is 10.2 Å². The minimum atomic E-state index is -0.912. The maximum atomic E-state index is 12.3. The monoisotopic (exact) mass is 445 g/mol. The first kappa shape index (κ1) is 23.2. The van der Waals surface area contributed by atoms with Crippen LogP contribution in [0.1, 0.15) is 28.4 Å². The van der Waals surface area contributed by atoms with E-state index in [9.17, 15) is 14.4 Å². The van der Waals surface area contributed by atoms with Crippen molar-refractivity contribution in [3.05, 3.63) is 89.5 Å². The summed E-state index contributed by atoms with van der Waals surface area (Å²) in [5.74, 6) is -1.66. The van der Waals surface area contributed by atoms with E-state index in [4.69, 9.17) is 9.47 Å². The Bertz CT molecular complexity index is 1160. The molecule has 0 aliphatic heterocycles. The van der Waals surface area contributed by atoms with Crippen LogP contribution in [0.5, 0.6) is 11.5 Å². The number of amides is 2. The number of benzene rings is 3. The second kappa shape index (κ2) is 11.2. The number of nitrogens with zero attached hydrogens (tertiary/aromatic N) is 1. The largest absolute Gasteiger partial charge is 0.490 e. The summed E-state index contributed by atoms with van der Waals surface area (Å²) in [4.78, 5) is 36.3. The van der Waals surface area contributed by atoms with Crippen molar-refractivity contribution in [1.82, 2.24) is 5.43 Å². The van der Waals surface area contributed by atoms with Gasteiger partial charge in [0.2, 0.25) is 0 Å². The third kappa shape index (κ3) is 6.76. The molecule has 0 atom stereocenters. The quantitative estimate of drug-likeness (QED) is 0.190. The number of hydrogen-bond acceptors (Lipinski definition) is 6. The Balaban J connectivity index is 1.62. The molecule has 8 nitrogen and oxygen atoms in total. The van der Waals surface area contributed by atoms with Crippen LogP contribution >= 0.6 is 0 Å². The summed E-state index contributed by atoms with van der Waals surface area (Å²) in [5, 5.41) is 6.30. The summed E-state index contributed by atoms with van der Waals surface area (Å²) in [5.41, 5.74) is 4.70. The van der Waals surface area contributed by atoms with E-state index in [1.54, 1.807) is 67.6 Å². The lowest BCUT2D eigenvalue weighted by Crippen LogP contribution is -2.32. The first-order valence-corrected chi connectivity index (χ1v) is 10.2. The molecule has 0 bridgehead atoms. The zero-order valence-corrected chi connectivity index (χ0v) is 18.2. The number of carbonyl (C=O) groups is 3. The molecule has 3 rings (SSSR count). The summed E-state index contributed by atoms with van der Waals surface area (Å²) in [6.07, 6.45) is 1.35. The lowest BCUT2D eigenvalue weighted by molar-refractivity contribution is -0.136. The third-order valence-electron chi connectivity index (χ3n) is 4.38. The molecule has 2 N–H and O–H groups in total. The molecule has 0 aliphatic carbocycles. The molecular weight excluding hydrogens is 422 g/mol. The lowest BCUT2D eigenvalue weighted by atomic mass is 10.2. The average Bonchev–Trinajstić information content (AvgIpc) is 2.82. The number of hydrazone groups is 1. The highest BCUT2D eigenvalue weighted by Crippen LogP contribution is 2.29. The fourth-order valence-electron chi connectivity index (χ4n) is 2.73. The van der Waals surface area contributed by atoms with Crippen LogP contribution in [0.3, 0.4) is 0 Å². The van der Waals surface area contributed by atoms with E-state index < -0.39 is 17.8 Å². The Labute approximate surface area is 191 Å². The third-order valence-corrected chi connectivity index (χ3v) is 4.38. The summed E-state index contributed by atoms with van der Waals surface area (Å²) in [7, 11) is 0. The molecule has 0 aromatic heterocycles. The van der Waals surface area contributed by atoms with Crippen molar-refractivity contribution in [2.24, 2.45) is 5.10 Å². The molecule has 168 valence electrons. The van der Waals surface area contributed by atoms with Crippen molar-refractivity contribution < 1.29 is 23.9 Å². The van der Waals surface area contributed by atoms with Crippen molar-refractivity contribution in [1.29, 1.82) is 0 Å². The van der Waals surface area contributed by atoms with Gasteiger partial charge in [-0.3, -0.25) is 9.59 Å². The van der Waals surface area contributed by atoms with Gasteiger partial charge in [0.1, 0.15) is 0 Å². The zero-order chi connectivity index (χ0) is 23.6. The number of carbonyl (C=O) groups excluding carboxylic acids is 3. The highest BCUT2D eigenvalue weighted by Gasteiger charge is 2.14. The van der Waals surface area contributed by atoms with Gasteiger partial charge in [0.05, 0.1) is 18.4 Å². The van der Waals surface area contributed by atoms with Gasteiger partial charge in [0.25, 0.3) is 0 Å². The predicted octanol–water partition coefficient (Wildman–Crippen LogP) is 3.70. The Morgan fingerprint density at radius 1 is 0.909 bits per heavy atom. The molecule has 3 aromatic rings. The molecule has 0 fully saturated rings. The van der Waals surface area contributed by atoms with Crippen molar-refractivity contribution in [2.45, 2.75) is 13.8 Å². The van der Waals surface area contributed by atoms with Gasteiger partial charge in [-0.15, -0.1) is 0 Å². The molecule has 0 radical (unpaired) electrons. The van der Waals surface area contributed by atoms with Crippen LogP contribution in [0.15, 0.2) is 77.9 Å². The maximum absolute atomic E-state index is 12.3. The molecule has 3 aromatic carbocycles. The smallest absolute Gasteiger partial charge is 0.343 e. The second-order valence-electron chi connectivity index (χ2n) is 6.91. The van der Waals surface area contributed by atoms with E-state index in [-0.39, 0.29) is 5.75 Å². The first-order valence-electron chi connectivity index (χ1n) is 10.2. The molecule has 0 unspecified atom stereocenters. The Morgan fingerprint density at radius 2 is 1.64 bits per heavy atom. The summed E-state index contributed by atoms with van der Waals surface area (Å²) in [6.45, 7) is 4.08. The molecule has 0 spiro atoms. The molecule has 33 heavy (non-hydrogen) atoms. The topological polar surface area (TPSA) is 106 Å². The predicted molar refractivity (Wildman–Crippen MR) is 125 cm³/mol. The van der Waals surface area contributed by atoms with Crippen LogP contribution in [0.2, 0.25) is 0 Å². The van der Waals surface area contributed by atoms with Crippen molar-refractivity contribution in [2.75, 3.05) is 11.9 Å². The Kier molecular flexibility index (Phi) is 7.91. The summed E-state index contributed by atoms with van der Waals surface area (Å²) >= 11 is 0. The number of nitrogens with one attached hydrogen (secondary N) is 2. The summed E-state index contributed by atoms with van der Waals surface area (Å²) in [6, 6.07) is 20.5. The minimum Gasteiger partial charge on any atom is -0.490 e. The van der Waals surface area contributed by atoms with Gasteiger partial charge in [-0.2, -0.15) is 5.10 Å². The molecule has 0 saturated heterocycles. The standard InChI is InChI=1S/C25H23N3O5/c1-3-32-22-15-18(11-14-21(22)33-25(31)19-7-5-4-6-8-19)16-26-28-24(30)23(29)27-20-12-9-17(2)10-13-20/h4-16H,3H2,1-2H3,(H,27,29)(H,28,30)/b26-16-. The SMILES string of the molecule is CCOc1cc(/C=N\NC(=O)C(=O)Nc2ccc(C)cc2)ccc1OC(=O)c1ccccc1. The van der Waals surface area contributed by atoms with E-state index in [0.717, 1.165) is 5.56 Å². The van der Waals surface area contributed by atoms with Crippen molar-refractivity contribution in [3.8, 4) is 11.5 Å². The molecule has 0 heterocycles. The Morgan fingerprint density at radius 3 is 2.33 bits per heavy atom. The van der Waals surface area contributed by atoms with Crippen LogP contribution < -0.4 is 20.2 Å². The van der Waals surface area contributed by atoms with Crippen LogP contribution in [-0.2, 0) is 9.59 Å². The zero-order valence-electron chi connectivity index (χ0n) is 18.2. The number of ether oxygens (including phenoxy) is 2. The van der Waals surface area contributed by atoms with Gasteiger partial charge >= 0.3 is 17.8 Å². The number of anilines is 1. The first-order chi connectivity index (χ1) is 16.0. The van der Waals surface area contributed by atoms with Gasteiger partial charge in [-0.1, -0.05) is 35.9 Å². The van der Waals surface area contributed by atoms with E-state index in [1.807, 2.05) is 19.1 Å². The van der Waals surface area contributed by atoms with Gasteiger partial charge in [0, 0.05) is 5.69 Å². The van der Waals surface area contributed by atoms with Crippen LogP contribution in [0, 0.1) is 6.92 Å². The fourth-order valence-corrected chi connectivity index (χ4v) is 2.73. The molecule has 2 amide bonds. The fraction of sp³-hybridized carbons (Fsp3) is 0.120. The number of esters is 1. The number of aryl methyl sites for hydroxylation is 1. The Hall–Kier alpha value is -4.46. The van der Waals surface area contributed by atoms with Crippen molar-refractivity contribution in [3.63, 3.8) is 0 Å². The molecule has 8 heteroatoms. The highest BCUT2D eigenvalue weighted by molar-refractivity contribution is 6.39. The normalized spacial score (nSPS) is 10.5. The lowest BCUT2D eigenvalue weighted by Gasteiger charge is -2.11. The molecular formula is C25H23N3O5. The van der Waals surface area contributed by atoms with E-state index >= 15 is 0 Å². The van der Waals surface area contributed by atoms with E-state index in [0.29, 0.717) is 29.2 Å². The molecule has 0 aliphatic rings. The highest BCUT2D eigenvalue weighted by atomic mass is 16.6. The van der Waals surface area contributed by atoms with Crippen LogP contribution in [-0.4, -0.2) is 30.6 Å². The minimum absolute atomic E-state index is 0.254. The van der Waals surface area contributed by atoms with E-state index in [2.05, 4.69) is 15.8 Å². The summed E-state index contributed by atoms with van der Waals surface area (Å²) < 4.78 is 11.0. The second-order valence-corrected chi connectivity index (χ2v) is 6.91. The van der Waals surface area contributed by atoms with Crippen molar-refractivity contribution >= 4 is 29.7 Å². The van der Waals surface area contributed by atoms with Gasteiger partial charge in [0.15, 0.2) is 11.5 Å². The molecule has 0 saturated carbocycles. The van der Waals surface area contributed by atoms with Crippen LogP contribution in [0.25, 0.3) is 0 Å². The average molecular weight is 445 g/mol. The van der Waals surface area contributed by atoms with Gasteiger partial charge in [-0.05, 0) is 61.9 Å². The number of hydrogen-bond donors (Lipinski definition) is 2. The van der Waals surface area contributed by atoms with Crippen LogP contribution in [0.4, 0.5) is 5.69 Å². The van der Waals surface area contributed by atoms with Gasteiger partial charge < -0.3 is 14.8 Å². The number of rotatable bonds is 7. The van der Waals surface area contributed by atoms with E-state index in [1.165, 1.54) is 6.21 Å².